The standard InChI is InChI=1S/C8H10BrNO/c1-6-2-3-7(4-5-11)10-8(6)9/h2-3,11H,4-5H2,1H3. The van der Waals surface area contributed by atoms with Gasteiger partial charge >= 0.3 is 0 Å². The van der Waals surface area contributed by atoms with E-state index in [2.05, 4.69) is 20.9 Å². The molecule has 11 heavy (non-hydrogen) atoms. The van der Waals surface area contributed by atoms with Crippen LogP contribution in [0.3, 0.4) is 0 Å². The van der Waals surface area contributed by atoms with Gasteiger partial charge < -0.3 is 5.11 Å². The Morgan fingerprint density at radius 3 is 2.82 bits per heavy atom. The van der Waals surface area contributed by atoms with Crippen LogP contribution in [0.15, 0.2) is 16.7 Å². The highest BCUT2D eigenvalue weighted by Crippen LogP contribution is 2.12. The highest BCUT2D eigenvalue weighted by molar-refractivity contribution is 9.10. The van der Waals surface area contributed by atoms with Gasteiger partial charge in [-0.25, -0.2) is 4.98 Å². The van der Waals surface area contributed by atoms with Crippen LogP contribution in [0.2, 0.25) is 0 Å². The van der Waals surface area contributed by atoms with Crippen molar-refractivity contribution >= 4 is 15.9 Å². The van der Waals surface area contributed by atoms with Crippen LogP contribution in [0.4, 0.5) is 0 Å². The van der Waals surface area contributed by atoms with E-state index in [1.165, 1.54) is 0 Å². The van der Waals surface area contributed by atoms with Gasteiger partial charge in [-0.2, -0.15) is 0 Å². The summed E-state index contributed by atoms with van der Waals surface area (Å²) in [5, 5.41) is 8.62. The average molecular weight is 216 g/mol. The topological polar surface area (TPSA) is 33.1 Å². The first kappa shape index (κ1) is 8.68. The molecule has 0 saturated carbocycles. The molecule has 0 spiro atoms. The molecule has 0 aromatic carbocycles. The molecule has 1 aromatic rings. The van der Waals surface area contributed by atoms with E-state index in [1.54, 1.807) is 0 Å². The van der Waals surface area contributed by atoms with Crippen molar-refractivity contribution in [2.45, 2.75) is 13.3 Å². The maximum atomic E-state index is 8.62. The van der Waals surface area contributed by atoms with Crippen molar-refractivity contribution in [1.29, 1.82) is 0 Å². The lowest BCUT2D eigenvalue weighted by molar-refractivity contribution is 0.298. The van der Waals surface area contributed by atoms with Gasteiger partial charge in [-0.05, 0) is 34.5 Å². The molecule has 1 heterocycles. The van der Waals surface area contributed by atoms with Crippen molar-refractivity contribution in [1.82, 2.24) is 4.98 Å². The molecular formula is C8H10BrNO. The Hall–Kier alpha value is -0.410. The second-order valence-electron chi connectivity index (χ2n) is 2.38. The number of rotatable bonds is 2. The molecule has 0 atom stereocenters. The third kappa shape index (κ3) is 2.27. The van der Waals surface area contributed by atoms with E-state index >= 15 is 0 Å². The van der Waals surface area contributed by atoms with Gasteiger partial charge in [-0.15, -0.1) is 0 Å². The molecule has 3 heteroatoms. The fraction of sp³-hybridized carbons (Fsp3) is 0.375. The summed E-state index contributed by atoms with van der Waals surface area (Å²) >= 11 is 3.32. The fourth-order valence-corrected chi connectivity index (χ4v) is 1.16. The molecule has 1 rings (SSSR count). The van der Waals surface area contributed by atoms with Gasteiger partial charge in [0, 0.05) is 18.7 Å². The maximum Gasteiger partial charge on any atom is 0.109 e. The molecule has 0 amide bonds. The summed E-state index contributed by atoms with van der Waals surface area (Å²) < 4.78 is 0.864. The van der Waals surface area contributed by atoms with Gasteiger partial charge in [-0.3, -0.25) is 0 Å². The van der Waals surface area contributed by atoms with Gasteiger partial charge in [0.2, 0.25) is 0 Å². The summed E-state index contributed by atoms with van der Waals surface area (Å²) in [6.07, 6.45) is 0.624. The number of nitrogens with zero attached hydrogens (tertiary/aromatic N) is 1. The highest BCUT2D eigenvalue weighted by Gasteiger charge is 1.97. The van der Waals surface area contributed by atoms with Crippen molar-refractivity contribution < 1.29 is 5.11 Å². The maximum absolute atomic E-state index is 8.62. The van der Waals surface area contributed by atoms with Crippen LogP contribution in [0.25, 0.3) is 0 Å². The van der Waals surface area contributed by atoms with Gasteiger partial charge in [0.15, 0.2) is 0 Å². The van der Waals surface area contributed by atoms with Crippen LogP contribution in [0, 0.1) is 6.92 Å². The predicted octanol–water partition coefficient (Wildman–Crippen LogP) is 1.69. The lowest BCUT2D eigenvalue weighted by atomic mass is 10.2. The number of aryl methyl sites for hydroxylation is 1. The third-order valence-electron chi connectivity index (χ3n) is 1.46. The molecule has 0 saturated heterocycles. The summed E-state index contributed by atoms with van der Waals surface area (Å²) in [7, 11) is 0. The second kappa shape index (κ2) is 3.83. The summed E-state index contributed by atoms with van der Waals surface area (Å²) in [6, 6.07) is 3.92. The summed E-state index contributed by atoms with van der Waals surface area (Å²) in [6.45, 7) is 2.14. The number of aliphatic hydroxyl groups excluding tert-OH is 1. The van der Waals surface area contributed by atoms with E-state index in [4.69, 9.17) is 5.11 Å². The first-order valence-corrected chi connectivity index (χ1v) is 4.26. The Morgan fingerprint density at radius 2 is 2.27 bits per heavy atom. The van der Waals surface area contributed by atoms with E-state index in [-0.39, 0.29) is 6.61 Å². The third-order valence-corrected chi connectivity index (χ3v) is 2.26. The molecular weight excluding hydrogens is 206 g/mol. The molecule has 0 bridgehead atoms. The molecule has 2 nitrogen and oxygen atoms in total. The van der Waals surface area contributed by atoms with Gasteiger partial charge in [0.25, 0.3) is 0 Å². The van der Waals surface area contributed by atoms with Gasteiger partial charge in [-0.1, -0.05) is 6.07 Å². The first-order valence-electron chi connectivity index (χ1n) is 3.47. The zero-order valence-electron chi connectivity index (χ0n) is 6.34. The fourth-order valence-electron chi connectivity index (χ4n) is 0.795. The van der Waals surface area contributed by atoms with Crippen LogP contribution >= 0.6 is 15.9 Å². The van der Waals surface area contributed by atoms with Crippen molar-refractivity contribution in [3.05, 3.63) is 28.0 Å². The first-order chi connectivity index (χ1) is 5.24. The largest absolute Gasteiger partial charge is 0.396 e. The Labute approximate surface area is 74.4 Å². The lowest BCUT2D eigenvalue weighted by Gasteiger charge is -2.00. The minimum Gasteiger partial charge on any atom is -0.396 e. The van der Waals surface area contributed by atoms with Crippen molar-refractivity contribution in [2.75, 3.05) is 6.61 Å². The van der Waals surface area contributed by atoms with E-state index in [0.29, 0.717) is 6.42 Å². The molecule has 0 aliphatic rings. The number of halogens is 1. The summed E-state index contributed by atoms with van der Waals surface area (Å²) in [4.78, 5) is 4.22. The van der Waals surface area contributed by atoms with Gasteiger partial charge in [0.05, 0.1) is 0 Å². The lowest BCUT2D eigenvalue weighted by Crippen LogP contribution is -1.95. The highest BCUT2D eigenvalue weighted by atomic mass is 79.9. The quantitative estimate of drug-likeness (QED) is 0.763. The van der Waals surface area contributed by atoms with E-state index in [1.807, 2.05) is 19.1 Å². The Morgan fingerprint density at radius 1 is 1.55 bits per heavy atom. The zero-order chi connectivity index (χ0) is 8.27. The number of hydrogen-bond donors (Lipinski definition) is 1. The second-order valence-corrected chi connectivity index (χ2v) is 3.14. The molecule has 0 fully saturated rings. The Kier molecular flexibility index (Phi) is 3.02. The van der Waals surface area contributed by atoms with E-state index < -0.39 is 0 Å². The van der Waals surface area contributed by atoms with Crippen LogP contribution in [-0.4, -0.2) is 16.7 Å². The molecule has 1 N–H and O–H groups in total. The number of aromatic nitrogens is 1. The van der Waals surface area contributed by atoms with Crippen molar-refractivity contribution in [3.63, 3.8) is 0 Å². The van der Waals surface area contributed by atoms with E-state index in [9.17, 15) is 0 Å². The number of hydrogen-bond acceptors (Lipinski definition) is 2. The predicted molar refractivity (Wildman–Crippen MR) is 47.5 cm³/mol. The normalized spacial score (nSPS) is 10.1. The molecule has 0 aliphatic carbocycles. The Balaban J connectivity index is 2.86. The molecule has 0 radical (unpaired) electrons. The van der Waals surface area contributed by atoms with Crippen LogP contribution in [-0.2, 0) is 6.42 Å². The zero-order valence-corrected chi connectivity index (χ0v) is 7.93. The number of pyridine rings is 1. The average Bonchev–Trinajstić information content (AvgIpc) is 1.98. The molecule has 0 aliphatic heterocycles. The SMILES string of the molecule is Cc1ccc(CCO)nc1Br. The molecule has 60 valence electrons. The van der Waals surface area contributed by atoms with Crippen molar-refractivity contribution in [3.8, 4) is 0 Å². The smallest absolute Gasteiger partial charge is 0.109 e. The van der Waals surface area contributed by atoms with Gasteiger partial charge in [0.1, 0.15) is 4.60 Å². The van der Waals surface area contributed by atoms with Crippen molar-refractivity contribution in [2.24, 2.45) is 0 Å². The molecule has 0 unspecified atom stereocenters. The monoisotopic (exact) mass is 215 g/mol. The number of aliphatic hydroxyl groups is 1. The summed E-state index contributed by atoms with van der Waals surface area (Å²) in [5.41, 5.74) is 2.04. The van der Waals surface area contributed by atoms with Crippen LogP contribution in [0.5, 0.6) is 0 Å². The molecule has 1 aromatic heterocycles. The summed E-state index contributed by atoms with van der Waals surface area (Å²) in [5.74, 6) is 0. The minimum absolute atomic E-state index is 0.155. The van der Waals surface area contributed by atoms with Crippen LogP contribution < -0.4 is 0 Å². The Bertz CT molecular complexity index is 250. The minimum atomic E-state index is 0.155. The van der Waals surface area contributed by atoms with Crippen LogP contribution in [0.1, 0.15) is 11.3 Å². The van der Waals surface area contributed by atoms with E-state index in [0.717, 1.165) is 15.9 Å².